The van der Waals surface area contributed by atoms with E-state index in [0.29, 0.717) is 5.56 Å². The number of allylic oxidation sites excluding steroid dienone is 2. The number of fused-ring (bicyclic) bond motifs is 5. The highest BCUT2D eigenvalue weighted by molar-refractivity contribution is 9.10. The van der Waals surface area contributed by atoms with Gasteiger partial charge in [0.15, 0.2) is 0 Å². The van der Waals surface area contributed by atoms with E-state index in [9.17, 15) is 24.5 Å². The third kappa shape index (κ3) is 3.76. The van der Waals surface area contributed by atoms with Crippen molar-refractivity contribution < 1.29 is 19.3 Å². The quantitative estimate of drug-likeness (QED) is 0.271. The summed E-state index contributed by atoms with van der Waals surface area (Å²) in [6, 6.07) is 12.1. The molecular formula is C24H20BrN3O5. The molecule has 8 nitrogen and oxygen atoms in total. The SMILES string of the molecule is O=C(CC(c1ccc(Br)cc1)N1C(=O)C2C3C=CC(C3)C2C1=O)Nc1cccc([N+](=O)[O-])c1. The van der Waals surface area contributed by atoms with E-state index >= 15 is 0 Å². The highest BCUT2D eigenvalue weighted by Crippen LogP contribution is 2.54. The molecule has 168 valence electrons. The van der Waals surface area contributed by atoms with Gasteiger partial charge in [-0.1, -0.05) is 46.3 Å². The number of anilines is 1. The van der Waals surface area contributed by atoms with Crippen molar-refractivity contribution in [2.24, 2.45) is 23.7 Å². The summed E-state index contributed by atoms with van der Waals surface area (Å²) in [5, 5.41) is 13.7. The van der Waals surface area contributed by atoms with E-state index in [0.717, 1.165) is 10.9 Å². The second-order valence-electron chi connectivity index (χ2n) is 8.67. The Kier molecular flexibility index (Phi) is 5.36. The summed E-state index contributed by atoms with van der Waals surface area (Å²) in [6.07, 6.45) is 4.75. The van der Waals surface area contributed by atoms with Crippen LogP contribution in [0.1, 0.15) is 24.4 Å². The maximum atomic E-state index is 13.4. The number of carbonyl (C=O) groups is 3. The van der Waals surface area contributed by atoms with Crippen LogP contribution in [0.25, 0.3) is 0 Å². The van der Waals surface area contributed by atoms with E-state index in [1.807, 2.05) is 12.2 Å². The molecule has 2 aromatic carbocycles. The molecule has 9 heteroatoms. The summed E-state index contributed by atoms with van der Waals surface area (Å²) in [7, 11) is 0. The van der Waals surface area contributed by atoms with Gasteiger partial charge in [-0.15, -0.1) is 0 Å². The Morgan fingerprint density at radius 3 is 2.33 bits per heavy atom. The van der Waals surface area contributed by atoms with Crippen molar-refractivity contribution in [2.45, 2.75) is 18.9 Å². The van der Waals surface area contributed by atoms with Crippen LogP contribution in [0, 0.1) is 33.8 Å². The molecule has 1 aliphatic heterocycles. The molecule has 0 spiro atoms. The van der Waals surface area contributed by atoms with Gasteiger partial charge in [0.2, 0.25) is 17.7 Å². The van der Waals surface area contributed by atoms with Crippen molar-refractivity contribution in [2.75, 3.05) is 5.32 Å². The van der Waals surface area contributed by atoms with Gasteiger partial charge in [-0.3, -0.25) is 29.4 Å². The fourth-order valence-corrected chi connectivity index (χ4v) is 5.62. The number of halogens is 1. The smallest absolute Gasteiger partial charge is 0.271 e. The number of hydrogen-bond acceptors (Lipinski definition) is 5. The number of nitro benzene ring substituents is 1. The maximum Gasteiger partial charge on any atom is 0.271 e. The maximum absolute atomic E-state index is 13.4. The monoisotopic (exact) mass is 509 g/mol. The predicted octanol–water partition coefficient (Wildman–Crippen LogP) is 4.23. The second-order valence-corrected chi connectivity index (χ2v) is 9.59. The van der Waals surface area contributed by atoms with Crippen molar-refractivity contribution in [3.63, 3.8) is 0 Å². The lowest BCUT2D eigenvalue weighted by Crippen LogP contribution is -2.38. The van der Waals surface area contributed by atoms with Crippen LogP contribution in [-0.2, 0) is 14.4 Å². The fraction of sp³-hybridized carbons (Fsp3) is 0.292. The van der Waals surface area contributed by atoms with Gasteiger partial charge in [0, 0.05) is 22.3 Å². The van der Waals surface area contributed by atoms with Crippen molar-refractivity contribution in [3.05, 3.63) is 80.8 Å². The lowest BCUT2D eigenvalue weighted by Gasteiger charge is -2.28. The van der Waals surface area contributed by atoms with Crippen molar-refractivity contribution in [3.8, 4) is 0 Å². The number of carbonyl (C=O) groups excluding carboxylic acids is 3. The minimum atomic E-state index is -0.762. The van der Waals surface area contributed by atoms with Crippen LogP contribution in [0.15, 0.2) is 65.2 Å². The van der Waals surface area contributed by atoms with Gasteiger partial charge in [0.1, 0.15) is 0 Å². The van der Waals surface area contributed by atoms with Crippen LogP contribution in [0.3, 0.4) is 0 Å². The first-order valence-corrected chi connectivity index (χ1v) is 11.5. The molecule has 1 saturated heterocycles. The van der Waals surface area contributed by atoms with E-state index in [1.165, 1.54) is 23.1 Å². The topological polar surface area (TPSA) is 110 Å². The highest BCUT2D eigenvalue weighted by Gasteiger charge is 2.60. The van der Waals surface area contributed by atoms with Gasteiger partial charge < -0.3 is 5.32 Å². The summed E-state index contributed by atoms with van der Waals surface area (Å²) < 4.78 is 0.837. The van der Waals surface area contributed by atoms with Gasteiger partial charge in [-0.05, 0) is 42.0 Å². The third-order valence-electron chi connectivity index (χ3n) is 6.79. The van der Waals surface area contributed by atoms with Crippen LogP contribution >= 0.6 is 15.9 Å². The van der Waals surface area contributed by atoms with Crippen LogP contribution in [0.4, 0.5) is 11.4 Å². The standard InChI is InChI=1S/C24H20BrN3O5/c25-16-8-6-13(7-9-16)19(12-20(29)26-17-2-1-3-18(11-17)28(32)33)27-23(30)21-14-4-5-15(10-14)22(21)24(27)31/h1-9,11,14-15,19,21-22H,10,12H2,(H,26,29). The number of nitrogens with one attached hydrogen (secondary N) is 1. The molecule has 2 aromatic rings. The first-order valence-electron chi connectivity index (χ1n) is 10.7. The summed E-state index contributed by atoms with van der Waals surface area (Å²) in [4.78, 5) is 51.5. The van der Waals surface area contributed by atoms with Crippen molar-refractivity contribution >= 4 is 45.0 Å². The Hall–Kier alpha value is -3.33. The molecule has 3 amide bonds. The molecular weight excluding hydrogens is 490 g/mol. The Bertz CT molecular complexity index is 1160. The molecule has 0 aromatic heterocycles. The predicted molar refractivity (Wildman–Crippen MR) is 123 cm³/mol. The average molecular weight is 510 g/mol. The number of nitrogens with zero attached hydrogens (tertiary/aromatic N) is 2. The molecule has 5 rings (SSSR count). The summed E-state index contributed by atoms with van der Waals surface area (Å²) in [6.45, 7) is 0. The first kappa shape index (κ1) is 21.5. The molecule has 1 N–H and O–H groups in total. The lowest BCUT2D eigenvalue weighted by atomic mass is 9.85. The number of non-ortho nitro benzene ring substituents is 1. The van der Waals surface area contributed by atoms with E-state index < -0.39 is 16.9 Å². The Balaban J connectivity index is 1.42. The molecule has 2 bridgehead atoms. The van der Waals surface area contributed by atoms with E-state index in [2.05, 4.69) is 21.2 Å². The number of hydrogen-bond donors (Lipinski definition) is 1. The average Bonchev–Trinajstić information content (AvgIpc) is 3.47. The number of rotatable bonds is 6. The van der Waals surface area contributed by atoms with E-state index in [4.69, 9.17) is 0 Å². The highest BCUT2D eigenvalue weighted by atomic mass is 79.9. The number of nitro groups is 1. The van der Waals surface area contributed by atoms with Crippen LogP contribution < -0.4 is 5.32 Å². The van der Waals surface area contributed by atoms with Crippen LogP contribution in [0.2, 0.25) is 0 Å². The van der Waals surface area contributed by atoms with E-state index in [1.54, 1.807) is 30.3 Å². The molecule has 3 aliphatic rings. The third-order valence-corrected chi connectivity index (χ3v) is 7.32. The number of benzene rings is 2. The van der Waals surface area contributed by atoms with E-state index in [-0.39, 0.29) is 53.3 Å². The summed E-state index contributed by atoms with van der Waals surface area (Å²) >= 11 is 3.39. The minimum absolute atomic E-state index is 0.0747. The van der Waals surface area contributed by atoms with Crippen LogP contribution in [0.5, 0.6) is 0 Å². The largest absolute Gasteiger partial charge is 0.326 e. The molecule has 5 unspecified atom stereocenters. The molecule has 5 atom stereocenters. The van der Waals surface area contributed by atoms with Gasteiger partial charge in [-0.2, -0.15) is 0 Å². The molecule has 2 aliphatic carbocycles. The zero-order chi connectivity index (χ0) is 23.3. The Morgan fingerprint density at radius 1 is 1.09 bits per heavy atom. The van der Waals surface area contributed by atoms with Gasteiger partial charge in [0.05, 0.1) is 29.2 Å². The van der Waals surface area contributed by atoms with Gasteiger partial charge >= 0.3 is 0 Å². The van der Waals surface area contributed by atoms with Gasteiger partial charge in [0.25, 0.3) is 5.69 Å². The minimum Gasteiger partial charge on any atom is -0.326 e. The zero-order valence-corrected chi connectivity index (χ0v) is 19.0. The molecule has 0 radical (unpaired) electrons. The van der Waals surface area contributed by atoms with Crippen molar-refractivity contribution in [1.29, 1.82) is 0 Å². The number of likely N-dealkylation sites (tertiary alicyclic amines) is 1. The fourth-order valence-electron chi connectivity index (χ4n) is 5.36. The Labute approximate surface area is 197 Å². The summed E-state index contributed by atoms with van der Waals surface area (Å²) in [5.41, 5.74) is 0.814. The summed E-state index contributed by atoms with van der Waals surface area (Å²) in [5.74, 6) is -1.45. The first-order chi connectivity index (χ1) is 15.8. The van der Waals surface area contributed by atoms with Crippen molar-refractivity contribution in [1.82, 2.24) is 4.90 Å². The molecule has 1 heterocycles. The lowest BCUT2D eigenvalue weighted by molar-refractivity contribution is -0.384. The molecule has 1 saturated carbocycles. The second kappa shape index (κ2) is 8.22. The normalized spacial score (nSPS) is 25.9. The molecule has 33 heavy (non-hydrogen) atoms. The van der Waals surface area contributed by atoms with Gasteiger partial charge in [-0.25, -0.2) is 0 Å². The molecule has 2 fully saturated rings. The van der Waals surface area contributed by atoms with Crippen LogP contribution in [-0.4, -0.2) is 27.5 Å². The zero-order valence-electron chi connectivity index (χ0n) is 17.4. The number of amides is 3. The number of imide groups is 1. The Morgan fingerprint density at radius 2 is 1.73 bits per heavy atom.